The van der Waals surface area contributed by atoms with Crippen LogP contribution in [-0.2, 0) is 9.59 Å². The van der Waals surface area contributed by atoms with Crippen LogP contribution < -0.4 is 22.5 Å². The Kier molecular flexibility index (Phi) is 11.4. The molecule has 10 nitrogen and oxygen atoms in total. The average molecular weight is 280 g/mol. The van der Waals surface area contributed by atoms with Crippen molar-refractivity contribution in [2.75, 3.05) is 13.2 Å². The number of rotatable bonds is 7. The van der Waals surface area contributed by atoms with Crippen LogP contribution in [0.5, 0.6) is 0 Å². The van der Waals surface area contributed by atoms with Crippen LogP contribution in [0.1, 0.15) is 12.8 Å². The first kappa shape index (κ1) is 19.4. The highest BCUT2D eigenvalue weighted by Gasteiger charge is 2.09. The number of aliphatic hydroxyl groups is 1. The zero-order valence-corrected chi connectivity index (χ0v) is 10.3. The summed E-state index contributed by atoms with van der Waals surface area (Å²) in [5, 5.41) is 26.6. The van der Waals surface area contributed by atoms with E-state index in [2.05, 4.69) is 5.32 Å². The van der Waals surface area contributed by atoms with Gasteiger partial charge in [0.15, 0.2) is 0 Å². The maximum atomic E-state index is 10.2. The second-order valence-electron chi connectivity index (χ2n) is 3.51. The van der Waals surface area contributed by atoms with Gasteiger partial charge in [0.05, 0.1) is 6.61 Å². The van der Waals surface area contributed by atoms with Gasteiger partial charge in [0.25, 0.3) is 0 Å². The molecule has 0 aliphatic carbocycles. The molecular weight excluding hydrogens is 260 g/mol. The van der Waals surface area contributed by atoms with Gasteiger partial charge in [0.1, 0.15) is 12.1 Å². The molecule has 0 fully saturated rings. The SMILES string of the molecule is NC(=O)NCCC[C@H](N)C(=O)O.N[C@@H](CO)C(=O)O. The predicted molar refractivity (Wildman–Crippen MR) is 65.1 cm³/mol. The molecule has 0 saturated carbocycles. The molecule has 10 N–H and O–H groups in total. The molecule has 0 unspecified atom stereocenters. The summed E-state index contributed by atoms with van der Waals surface area (Å²) < 4.78 is 0. The monoisotopic (exact) mass is 280 g/mol. The topological polar surface area (TPSA) is 202 Å². The molecule has 0 aromatic rings. The number of aliphatic hydroxyl groups excluding tert-OH is 1. The van der Waals surface area contributed by atoms with E-state index in [9.17, 15) is 14.4 Å². The van der Waals surface area contributed by atoms with Crippen LogP contribution >= 0.6 is 0 Å². The Balaban J connectivity index is 0. The van der Waals surface area contributed by atoms with Crippen molar-refractivity contribution >= 4 is 18.0 Å². The Bertz CT molecular complexity index is 298. The minimum atomic E-state index is -1.18. The number of aliphatic carboxylic acids is 2. The molecule has 0 spiro atoms. The summed E-state index contributed by atoms with van der Waals surface area (Å²) >= 11 is 0. The number of urea groups is 1. The van der Waals surface area contributed by atoms with Crippen LogP contribution in [0.2, 0.25) is 0 Å². The zero-order valence-electron chi connectivity index (χ0n) is 10.3. The largest absolute Gasteiger partial charge is 0.480 e. The van der Waals surface area contributed by atoms with Gasteiger partial charge in [-0.05, 0) is 12.8 Å². The lowest BCUT2D eigenvalue weighted by Crippen LogP contribution is -2.33. The molecule has 0 bridgehead atoms. The van der Waals surface area contributed by atoms with E-state index in [0.29, 0.717) is 19.4 Å². The van der Waals surface area contributed by atoms with E-state index < -0.39 is 36.7 Å². The first-order valence-electron chi connectivity index (χ1n) is 5.33. The minimum Gasteiger partial charge on any atom is -0.480 e. The molecule has 2 atom stereocenters. The van der Waals surface area contributed by atoms with E-state index >= 15 is 0 Å². The summed E-state index contributed by atoms with van der Waals surface area (Å²) in [6, 6.07) is -2.60. The van der Waals surface area contributed by atoms with E-state index in [-0.39, 0.29) is 0 Å². The predicted octanol–water partition coefficient (Wildman–Crippen LogP) is -2.76. The highest BCUT2D eigenvalue weighted by atomic mass is 16.4. The van der Waals surface area contributed by atoms with Gasteiger partial charge >= 0.3 is 18.0 Å². The Morgan fingerprint density at radius 3 is 1.79 bits per heavy atom. The summed E-state index contributed by atoms with van der Waals surface area (Å²) in [5.74, 6) is -2.21. The molecular formula is C9H20N4O6. The van der Waals surface area contributed by atoms with E-state index in [1.54, 1.807) is 0 Å². The number of carboxylic acid groups (broad SMARTS) is 2. The van der Waals surface area contributed by atoms with Crippen LogP contribution in [-0.4, -0.2) is 58.5 Å². The molecule has 19 heavy (non-hydrogen) atoms. The van der Waals surface area contributed by atoms with Gasteiger partial charge in [-0.2, -0.15) is 0 Å². The number of hydrogen-bond donors (Lipinski definition) is 7. The number of primary amides is 1. The third-order valence-electron chi connectivity index (χ3n) is 1.82. The van der Waals surface area contributed by atoms with Crippen LogP contribution in [0, 0.1) is 0 Å². The van der Waals surface area contributed by atoms with Gasteiger partial charge in [-0.3, -0.25) is 9.59 Å². The molecule has 0 heterocycles. The van der Waals surface area contributed by atoms with Gasteiger partial charge in [-0.15, -0.1) is 0 Å². The minimum absolute atomic E-state index is 0.329. The van der Waals surface area contributed by atoms with E-state index in [0.717, 1.165) is 0 Å². The van der Waals surface area contributed by atoms with E-state index in [1.807, 2.05) is 0 Å². The van der Waals surface area contributed by atoms with Gasteiger partial charge < -0.3 is 37.8 Å². The third kappa shape index (κ3) is 14.0. The molecule has 0 saturated heterocycles. The number of carbonyl (C=O) groups excluding carboxylic acids is 1. The fraction of sp³-hybridized carbons (Fsp3) is 0.667. The fourth-order valence-corrected chi connectivity index (χ4v) is 0.735. The Morgan fingerprint density at radius 2 is 1.53 bits per heavy atom. The van der Waals surface area contributed by atoms with E-state index in [4.69, 9.17) is 32.5 Å². The molecule has 0 aliphatic rings. The first-order chi connectivity index (χ1) is 8.72. The highest BCUT2D eigenvalue weighted by Crippen LogP contribution is 1.92. The smallest absolute Gasteiger partial charge is 0.322 e. The fourth-order valence-electron chi connectivity index (χ4n) is 0.735. The number of nitrogens with two attached hydrogens (primary N) is 3. The quantitative estimate of drug-likeness (QED) is 0.243. The molecule has 0 aromatic carbocycles. The van der Waals surface area contributed by atoms with Crippen LogP contribution in [0.4, 0.5) is 4.79 Å². The lowest BCUT2D eigenvalue weighted by molar-refractivity contribution is -0.140. The number of nitrogens with one attached hydrogen (secondary N) is 1. The summed E-state index contributed by atoms with van der Waals surface area (Å²) in [4.78, 5) is 30.0. The van der Waals surface area contributed by atoms with Crippen LogP contribution in [0.3, 0.4) is 0 Å². The van der Waals surface area contributed by atoms with Crippen molar-refractivity contribution in [3.05, 3.63) is 0 Å². The normalized spacial score (nSPS) is 12.6. The van der Waals surface area contributed by atoms with Gasteiger partial charge in [0.2, 0.25) is 0 Å². The lowest BCUT2D eigenvalue weighted by atomic mass is 10.2. The zero-order chi connectivity index (χ0) is 15.4. The standard InChI is InChI=1S/C6H13N3O3.C3H7NO3/c7-4(5(10)11)2-1-3-9-6(8)12;4-2(1-5)3(6)7/h4H,1-3,7H2,(H,10,11)(H3,8,9,12);2,5H,1,4H2,(H,6,7)/t4-;2-/m00/s1. The molecule has 0 radical (unpaired) electrons. The van der Waals surface area contributed by atoms with Crippen molar-refractivity contribution in [3.63, 3.8) is 0 Å². The Labute approximate surface area is 109 Å². The number of amides is 2. The molecule has 112 valence electrons. The van der Waals surface area contributed by atoms with Gasteiger partial charge in [-0.25, -0.2) is 4.79 Å². The molecule has 0 rings (SSSR count). The summed E-state index contributed by atoms with van der Waals surface area (Å²) in [6.45, 7) is -0.147. The second kappa shape index (κ2) is 11.2. The van der Waals surface area contributed by atoms with Crippen LogP contribution in [0.25, 0.3) is 0 Å². The average Bonchev–Trinajstić information content (AvgIpc) is 2.33. The summed E-state index contributed by atoms with van der Waals surface area (Å²) in [5.41, 5.74) is 14.7. The molecule has 10 heteroatoms. The number of carboxylic acids is 2. The van der Waals surface area contributed by atoms with Crippen molar-refractivity contribution in [2.45, 2.75) is 24.9 Å². The van der Waals surface area contributed by atoms with Crippen molar-refractivity contribution in [3.8, 4) is 0 Å². The summed E-state index contributed by atoms with van der Waals surface area (Å²) in [7, 11) is 0. The van der Waals surface area contributed by atoms with Gasteiger partial charge in [0, 0.05) is 6.54 Å². The summed E-state index contributed by atoms with van der Waals surface area (Å²) in [6.07, 6.45) is 0.839. The maximum Gasteiger partial charge on any atom is 0.322 e. The number of carbonyl (C=O) groups is 3. The van der Waals surface area contributed by atoms with E-state index in [1.165, 1.54) is 0 Å². The highest BCUT2D eigenvalue weighted by molar-refractivity contribution is 5.73. The van der Waals surface area contributed by atoms with Crippen molar-refractivity contribution in [2.24, 2.45) is 17.2 Å². The van der Waals surface area contributed by atoms with Crippen molar-refractivity contribution in [1.82, 2.24) is 5.32 Å². The van der Waals surface area contributed by atoms with Crippen LogP contribution in [0.15, 0.2) is 0 Å². The van der Waals surface area contributed by atoms with Crippen molar-refractivity contribution < 1.29 is 29.7 Å². The second-order valence-corrected chi connectivity index (χ2v) is 3.51. The molecule has 0 aliphatic heterocycles. The third-order valence-corrected chi connectivity index (χ3v) is 1.82. The Hall–Kier alpha value is -1.91. The molecule has 0 aromatic heterocycles. The van der Waals surface area contributed by atoms with Crippen molar-refractivity contribution in [1.29, 1.82) is 0 Å². The first-order valence-corrected chi connectivity index (χ1v) is 5.33. The lowest BCUT2D eigenvalue weighted by Gasteiger charge is -2.05. The number of hydrogen-bond acceptors (Lipinski definition) is 6. The Morgan fingerprint density at radius 1 is 1.05 bits per heavy atom. The maximum absolute atomic E-state index is 10.2. The van der Waals surface area contributed by atoms with Gasteiger partial charge in [-0.1, -0.05) is 0 Å². The molecule has 2 amide bonds.